The van der Waals surface area contributed by atoms with Crippen molar-refractivity contribution < 1.29 is 14.3 Å². The smallest absolute Gasteiger partial charge is 0.251 e. The molecule has 0 radical (unpaired) electrons. The number of carbonyl (C=O) groups excluding carboxylic acids is 1. The van der Waals surface area contributed by atoms with Crippen molar-refractivity contribution in [3.05, 3.63) is 77.2 Å². The maximum atomic E-state index is 12.3. The molecule has 3 aromatic rings. The van der Waals surface area contributed by atoms with Gasteiger partial charge in [0.25, 0.3) is 5.91 Å². The first-order valence-corrected chi connectivity index (χ1v) is 9.28. The number of carbonyl (C=O) groups is 1. The molecule has 0 aliphatic rings. The number of benzene rings is 1. The predicted molar refractivity (Wildman–Crippen MR) is 107 cm³/mol. The number of amides is 1. The molecular formula is C21H20ClN3O3. The summed E-state index contributed by atoms with van der Waals surface area (Å²) in [6.45, 7) is 2.99. The highest BCUT2D eigenvalue weighted by atomic mass is 35.5. The first kappa shape index (κ1) is 19.6. The van der Waals surface area contributed by atoms with Crippen molar-refractivity contribution >= 4 is 17.5 Å². The standard InChI is InChI=1S/C21H20ClN3O3/c1-2-12-27-17-5-7-18(8-6-17)28-21-16(4-3-10-24-21)14-25-20(26)15-9-11-23-19(22)13-15/h3-11,13H,2,12,14H2,1H3,(H,25,26). The van der Waals surface area contributed by atoms with Gasteiger partial charge in [-0.25, -0.2) is 9.97 Å². The molecule has 0 saturated carbocycles. The molecular weight excluding hydrogens is 378 g/mol. The summed E-state index contributed by atoms with van der Waals surface area (Å²) in [5.41, 5.74) is 1.19. The topological polar surface area (TPSA) is 73.3 Å². The first-order valence-electron chi connectivity index (χ1n) is 8.90. The first-order chi connectivity index (χ1) is 13.7. The van der Waals surface area contributed by atoms with Gasteiger partial charge in [0.1, 0.15) is 16.7 Å². The van der Waals surface area contributed by atoms with Crippen LogP contribution in [0.1, 0.15) is 29.3 Å². The van der Waals surface area contributed by atoms with Crippen molar-refractivity contribution in [2.24, 2.45) is 0 Å². The lowest BCUT2D eigenvalue weighted by Gasteiger charge is -2.11. The average molecular weight is 398 g/mol. The number of hydrogen-bond donors (Lipinski definition) is 1. The van der Waals surface area contributed by atoms with Crippen LogP contribution in [0.4, 0.5) is 0 Å². The summed E-state index contributed by atoms with van der Waals surface area (Å²) in [5.74, 6) is 1.60. The van der Waals surface area contributed by atoms with E-state index in [0.717, 1.165) is 17.7 Å². The van der Waals surface area contributed by atoms with Crippen LogP contribution in [-0.4, -0.2) is 22.5 Å². The highest BCUT2D eigenvalue weighted by molar-refractivity contribution is 6.29. The van der Waals surface area contributed by atoms with E-state index in [-0.39, 0.29) is 17.6 Å². The number of nitrogens with zero attached hydrogens (tertiary/aromatic N) is 2. The monoisotopic (exact) mass is 397 g/mol. The number of rotatable bonds is 8. The summed E-state index contributed by atoms with van der Waals surface area (Å²) in [4.78, 5) is 20.4. The molecule has 0 aliphatic carbocycles. The largest absolute Gasteiger partial charge is 0.494 e. The van der Waals surface area contributed by atoms with Gasteiger partial charge in [-0.15, -0.1) is 0 Å². The molecule has 2 aromatic heterocycles. The molecule has 3 rings (SSSR count). The molecule has 28 heavy (non-hydrogen) atoms. The molecule has 0 fully saturated rings. The highest BCUT2D eigenvalue weighted by Crippen LogP contribution is 2.25. The molecule has 6 nitrogen and oxygen atoms in total. The van der Waals surface area contributed by atoms with Crippen LogP contribution in [-0.2, 0) is 6.54 Å². The van der Waals surface area contributed by atoms with Gasteiger partial charge in [0.05, 0.1) is 6.61 Å². The maximum Gasteiger partial charge on any atom is 0.251 e. The Hall–Kier alpha value is -3.12. The Labute approximate surface area is 168 Å². The van der Waals surface area contributed by atoms with Crippen molar-refractivity contribution in [2.75, 3.05) is 6.61 Å². The van der Waals surface area contributed by atoms with E-state index in [1.807, 2.05) is 30.3 Å². The zero-order valence-electron chi connectivity index (χ0n) is 15.4. The fourth-order valence-corrected chi connectivity index (χ4v) is 2.58. The second-order valence-corrected chi connectivity index (χ2v) is 6.33. The Bertz CT molecular complexity index is 932. The predicted octanol–water partition coefficient (Wildman–Crippen LogP) is 4.64. The SMILES string of the molecule is CCCOc1ccc(Oc2ncccc2CNC(=O)c2ccnc(Cl)c2)cc1. The minimum atomic E-state index is -0.253. The quantitative estimate of drug-likeness (QED) is 0.560. The van der Waals surface area contributed by atoms with E-state index >= 15 is 0 Å². The minimum Gasteiger partial charge on any atom is -0.494 e. The van der Waals surface area contributed by atoms with E-state index in [4.69, 9.17) is 21.1 Å². The number of aromatic nitrogens is 2. The third-order valence-electron chi connectivity index (χ3n) is 3.79. The van der Waals surface area contributed by atoms with E-state index in [1.165, 1.54) is 12.3 Å². The van der Waals surface area contributed by atoms with Crippen LogP contribution in [0.2, 0.25) is 5.15 Å². The van der Waals surface area contributed by atoms with Crippen LogP contribution in [0.5, 0.6) is 17.4 Å². The summed E-state index contributed by atoms with van der Waals surface area (Å²) in [6, 6.07) is 14.1. The van der Waals surface area contributed by atoms with Crippen LogP contribution in [0.15, 0.2) is 60.9 Å². The molecule has 0 bridgehead atoms. The number of ether oxygens (including phenoxy) is 2. The van der Waals surface area contributed by atoms with Crippen molar-refractivity contribution in [1.29, 1.82) is 0 Å². The third kappa shape index (κ3) is 5.44. The molecule has 1 N–H and O–H groups in total. The summed E-state index contributed by atoms with van der Waals surface area (Å²) < 4.78 is 11.4. The van der Waals surface area contributed by atoms with Gasteiger partial charge in [-0.1, -0.05) is 24.6 Å². The van der Waals surface area contributed by atoms with E-state index in [0.29, 0.717) is 23.8 Å². The maximum absolute atomic E-state index is 12.3. The second kappa shape index (κ2) is 9.71. The third-order valence-corrected chi connectivity index (χ3v) is 4.00. The fraction of sp³-hybridized carbons (Fsp3) is 0.190. The second-order valence-electron chi connectivity index (χ2n) is 5.94. The fourth-order valence-electron chi connectivity index (χ4n) is 2.41. The van der Waals surface area contributed by atoms with E-state index in [2.05, 4.69) is 22.2 Å². The van der Waals surface area contributed by atoms with Gasteiger partial charge in [-0.3, -0.25) is 4.79 Å². The van der Waals surface area contributed by atoms with Gasteiger partial charge in [0.15, 0.2) is 0 Å². The molecule has 0 saturated heterocycles. The van der Waals surface area contributed by atoms with Gasteiger partial charge >= 0.3 is 0 Å². The Morgan fingerprint density at radius 3 is 2.61 bits per heavy atom. The van der Waals surface area contributed by atoms with E-state index in [9.17, 15) is 4.79 Å². The van der Waals surface area contributed by atoms with E-state index in [1.54, 1.807) is 18.3 Å². The Balaban J connectivity index is 1.65. The summed E-state index contributed by atoms with van der Waals surface area (Å²) in [7, 11) is 0. The van der Waals surface area contributed by atoms with Crippen molar-refractivity contribution in [3.8, 4) is 17.4 Å². The molecule has 0 aliphatic heterocycles. The number of halogens is 1. The van der Waals surface area contributed by atoms with Crippen LogP contribution in [0.25, 0.3) is 0 Å². The Morgan fingerprint density at radius 1 is 1.07 bits per heavy atom. The van der Waals surface area contributed by atoms with Crippen molar-refractivity contribution in [3.63, 3.8) is 0 Å². The molecule has 1 amide bonds. The highest BCUT2D eigenvalue weighted by Gasteiger charge is 2.10. The number of hydrogen-bond acceptors (Lipinski definition) is 5. The average Bonchev–Trinajstić information content (AvgIpc) is 2.72. The number of nitrogens with one attached hydrogen (secondary N) is 1. The lowest BCUT2D eigenvalue weighted by Crippen LogP contribution is -2.23. The summed E-state index contributed by atoms with van der Waals surface area (Å²) in [5, 5.41) is 3.10. The zero-order valence-corrected chi connectivity index (χ0v) is 16.1. The van der Waals surface area contributed by atoms with Crippen LogP contribution in [0, 0.1) is 0 Å². The van der Waals surface area contributed by atoms with E-state index < -0.39 is 0 Å². The summed E-state index contributed by atoms with van der Waals surface area (Å²) in [6.07, 6.45) is 4.08. The Morgan fingerprint density at radius 2 is 1.86 bits per heavy atom. The molecule has 144 valence electrons. The molecule has 1 aromatic carbocycles. The zero-order chi connectivity index (χ0) is 19.8. The normalized spacial score (nSPS) is 10.4. The van der Waals surface area contributed by atoms with Gasteiger partial charge in [-0.05, 0) is 48.9 Å². The Kier molecular flexibility index (Phi) is 6.81. The van der Waals surface area contributed by atoms with Crippen molar-refractivity contribution in [1.82, 2.24) is 15.3 Å². The van der Waals surface area contributed by atoms with Crippen molar-refractivity contribution in [2.45, 2.75) is 19.9 Å². The van der Waals surface area contributed by atoms with Crippen LogP contribution < -0.4 is 14.8 Å². The molecule has 0 spiro atoms. The molecule has 0 unspecified atom stereocenters. The van der Waals surface area contributed by atoms with Crippen LogP contribution in [0.3, 0.4) is 0 Å². The minimum absolute atomic E-state index is 0.253. The van der Waals surface area contributed by atoms with Gasteiger partial charge in [0, 0.05) is 30.1 Å². The van der Waals surface area contributed by atoms with Gasteiger partial charge in [0.2, 0.25) is 5.88 Å². The molecule has 0 atom stereocenters. The van der Waals surface area contributed by atoms with Crippen LogP contribution >= 0.6 is 11.6 Å². The summed E-state index contributed by atoms with van der Waals surface area (Å²) >= 11 is 5.83. The lowest BCUT2D eigenvalue weighted by atomic mass is 10.2. The molecule has 7 heteroatoms. The number of pyridine rings is 2. The molecule has 2 heterocycles. The van der Waals surface area contributed by atoms with Gasteiger partial charge < -0.3 is 14.8 Å². The van der Waals surface area contributed by atoms with Gasteiger partial charge in [-0.2, -0.15) is 0 Å². The lowest BCUT2D eigenvalue weighted by molar-refractivity contribution is 0.0950.